The molecule has 1 aliphatic heterocycles. The lowest BCUT2D eigenvalue weighted by Gasteiger charge is -2.22. The van der Waals surface area contributed by atoms with Crippen molar-refractivity contribution in [2.24, 2.45) is 4.99 Å². The van der Waals surface area contributed by atoms with Crippen molar-refractivity contribution in [1.82, 2.24) is 10.4 Å². The monoisotopic (exact) mass is 458 g/mol. The third-order valence-corrected chi connectivity index (χ3v) is 5.13. The number of carbonyl (C=O) groups excluding carboxylic acids is 1. The highest BCUT2D eigenvalue weighted by Gasteiger charge is 2.32. The summed E-state index contributed by atoms with van der Waals surface area (Å²) in [6, 6.07) is 21.7. The second-order valence-corrected chi connectivity index (χ2v) is 7.71. The first-order valence-corrected chi connectivity index (χ1v) is 10.6. The van der Waals surface area contributed by atoms with Gasteiger partial charge in [-0.25, -0.2) is 4.99 Å². The van der Waals surface area contributed by atoms with Gasteiger partial charge in [-0.15, -0.1) is 0 Å². The van der Waals surface area contributed by atoms with Crippen LogP contribution in [0.3, 0.4) is 0 Å². The number of rotatable bonds is 5. The van der Waals surface area contributed by atoms with Crippen LogP contribution in [-0.2, 0) is 4.79 Å². The molecule has 0 fully saturated rings. The first-order chi connectivity index (χ1) is 16.0. The van der Waals surface area contributed by atoms with Crippen molar-refractivity contribution in [2.45, 2.75) is 6.92 Å². The van der Waals surface area contributed by atoms with Crippen LogP contribution in [0, 0.1) is 6.92 Å². The summed E-state index contributed by atoms with van der Waals surface area (Å²) in [4.78, 5) is 17.8. The highest BCUT2D eigenvalue weighted by atomic mass is 32.1. The van der Waals surface area contributed by atoms with E-state index in [4.69, 9.17) is 17.0 Å². The minimum Gasteiger partial charge on any atom is -0.507 e. The van der Waals surface area contributed by atoms with Crippen molar-refractivity contribution < 1.29 is 14.6 Å². The zero-order chi connectivity index (χ0) is 23.4. The number of thiocarbonyl (C=S) groups is 1. The Kier molecular flexibility index (Phi) is 6.37. The summed E-state index contributed by atoms with van der Waals surface area (Å²) in [7, 11) is 1.58. The van der Waals surface area contributed by atoms with Gasteiger partial charge in [-0.2, -0.15) is 5.01 Å². The number of aromatic hydroxyl groups is 1. The third kappa shape index (κ3) is 4.86. The molecule has 0 spiro atoms. The summed E-state index contributed by atoms with van der Waals surface area (Å²) in [6.07, 6.45) is 1.54. The number of aliphatic imine (C=N–C) groups is 1. The van der Waals surface area contributed by atoms with Crippen LogP contribution in [0.2, 0.25) is 0 Å². The first-order valence-electron chi connectivity index (χ1n) is 10.2. The number of phenols is 1. The van der Waals surface area contributed by atoms with E-state index in [1.54, 1.807) is 37.5 Å². The molecule has 0 saturated carbocycles. The fourth-order valence-corrected chi connectivity index (χ4v) is 3.53. The molecule has 33 heavy (non-hydrogen) atoms. The molecule has 3 aromatic rings. The van der Waals surface area contributed by atoms with Crippen molar-refractivity contribution in [3.05, 3.63) is 95.2 Å². The van der Waals surface area contributed by atoms with E-state index < -0.39 is 5.91 Å². The van der Waals surface area contributed by atoms with Gasteiger partial charge in [0.2, 0.25) is 0 Å². The molecule has 0 saturated heterocycles. The number of hydrogen-bond acceptors (Lipinski definition) is 5. The maximum atomic E-state index is 13.3. The fraction of sp³-hybridized carbons (Fsp3) is 0.0800. The lowest BCUT2D eigenvalue weighted by Crippen LogP contribution is -2.49. The van der Waals surface area contributed by atoms with E-state index in [1.165, 1.54) is 5.01 Å². The highest BCUT2D eigenvalue weighted by molar-refractivity contribution is 7.80. The molecule has 1 aliphatic rings. The molecular weight excluding hydrogens is 436 g/mol. The van der Waals surface area contributed by atoms with Crippen LogP contribution in [0.5, 0.6) is 11.5 Å². The molecule has 0 atom stereocenters. The van der Waals surface area contributed by atoms with Crippen LogP contribution in [0.1, 0.15) is 16.7 Å². The summed E-state index contributed by atoms with van der Waals surface area (Å²) in [5.41, 5.74) is 6.03. The summed E-state index contributed by atoms with van der Waals surface area (Å²) in [5, 5.41) is 14.7. The molecule has 0 bridgehead atoms. The molecule has 3 N–H and O–H groups in total. The highest BCUT2D eigenvalue weighted by Crippen LogP contribution is 2.26. The van der Waals surface area contributed by atoms with Gasteiger partial charge in [0, 0.05) is 11.1 Å². The number of phenolic OH excluding ortho intramolecular Hbond substituents is 1. The zero-order valence-electron chi connectivity index (χ0n) is 18.1. The molecule has 0 aromatic heterocycles. The van der Waals surface area contributed by atoms with Gasteiger partial charge in [-0.05, 0) is 49.0 Å². The number of methoxy groups -OCH3 is 1. The van der Waals surface area contributed by atoms with E-state index >= 15 is 0 Å². The summed E-state index contributed by atoms with van der Waals surface area (Å²) in [5.74, 6) is 0.666. The Bertz CT molecular complexity index is 1270. The number of ether oxygens (including phenoxy) is 1. The molecule has 4 rings (SSSR count). The fourth-order valence-electron chi connectivity index (χ4n) is 3.33. The Morgan fingerprint density at radius 2 is 1.82 bits per heavy atom. The average Bonchev–Trinajstić information content (AvgIpc) is 3.11. The number of para-hydroxylation sites is 1. The number of nitrogens with zero attached hydrogens (tertiary/aromatic N) is 2. The van der Waals surface area contributed by atoms with Crippen molar-refractivity contribution >= 4 is 40.8 Å². The van der Waals surface area contributed by atoms with E-state index in [0.29, 0.717) is 22.8 Å². The van der Waals surface area contributed by atoms with Crippen LogP contribution in [0.25, 0.3) is 6.08 Å². The molecule has 7 nitrogen and oxygen atoms in total. The molecule has 1 heterocycles. The Hall–Kier alpha value is -4.17. The lowest BCUT2D eigenvalue weighted by molar-refractivity contribution is -0.123. The van der Waals surface area contributed by atoms with Crippen LogP contribution < -0.4 is 15.5 Å². The standard InChI is InChI=1S/C25H22N4O3S/c1-16-12-13-22(32-2)19(14-16)27-25(33)28-29-23(17-8-4-3-5-9-17)26-20(24(29)31)15-18-10-6-7-11-21(18)30/h3-15,30H,1-2H3,(H2,27,28,33)/b20-15-. The molecule has 166 valence electrons. The van der Waals surface area contributed by atoms with Gasteiger partial charge < -0.3 is 15.2 Å². The Morgan fingerprint density at radius 3 is 2.55 bits per heavy atom. The van der Waals surface area contributed by atoms with Gasteiger partial charge in [0.05, 0.1) is 12.8 Å². The molecule has 8 heteroatoms. The van der Waals surface area contributed by atoms with Gasteiger partial charge in [-0.3, -0.25) is 10.2 Å². The number of aryl methyl sites for hydroxylation is 1. The maximum Gasteiger partial charge on any atom is 0.297 e. The van der Waals surface area contributed by atoms with Crippen molar-refractivity contribution in [2.75, 3.05) is 12.4 Å². The normalized spacial score (nSPS) is 14.2. The lowest BCUT2D eigenvalue weighted by atomic mass is 10.1. The molecule has 0 radical (unpaired) electrons. The predicted octanol–water partition coefficient (Wildman–Crippen LogP) is 4.24. The van der Waals surface area contributed by atoms with Gasteiger partial charge in [-0.1, -0.05) is 54.6 Å². The van der Waals surface area contributed by atoms with E-state index in [0.717, 1.165) is 11.1 Å². The van der Waals surface area contributed by atoms with E-state index in [2.05, 4.69) is 15.7 Å². The van der Waals surface area contributed by atoms with Crippen LogP contribution >= 0.6 is 12.2 Å². The summed E-state index contributed by atoms with van der Waals surface area (Å²) in [6.45, 7) is 1.96. The van der Waals surface area contributed by atoms with Gasteiger partial charge in [0.25, 0.3) is 5.91 Å². The smallest absolute Gasteiger partial charge is 0.297 e. The van der Waals surface area contributed by atoms with Gasteiger partial charge in [0.1, 0.15) is 17.2 Å². The number of amidine groups is 1. The van der Waals surface area contributed by atoms with E-state index in [1.807, 2.05) is 55.5 Å². The first kappa shape index (κ1) is 22.0. The number of hydrogen-bond donors (Lipinski definition) is 3. The minimum atomic E-state index is -0.405. The Balaban J connectivity index is 1.64. The van der Waals surface area contributed by atoms with Crippen LogP contribution in [0.4, 0.5) is 5.69 Å². The summed E-state index contributed by atoms with van der Waals surface area (Å²) >= 11 is 5.48. The number of nitrogens with one attached hydrogen (secondary N) is 2. The number of amides is 1. The molecule has 3 aromatic carbocycles. The van der Waals surface area contributed by atoms with Gasteiger partial charge in [0.15, 0.2) is 10.9 Å². The van der Waals surface area contributed by atoms with Crippen molar-refractivity contribution in [3.8, 4) is 11.5 Å². The minimum absolute atomic E-state index is 0.0596. The largest absolute Gasteiger partial charge is 0.507 e. The topological polar surface area (TPSA) is 86.2 Å². The number of carbonyl (C=O) groups is 1. The van der Waals surface area contributed by atoms with E-state index in [9.17, 15) is 9.90 Å². The second-order valence-electron chi connectivity index (χ2n) is 7.30. The average molecular weight is 459 g/mol. The summed E-state index contributed by atoms with van der Waals surface area (Å²) < 4.78 is 5.39. The Morgan fingerprint density at radius 1 is 1.09 bits per heavy atom. The zero-order valence-corrected chi connectivity index (χ0v) is 18.9. The molecule has 1 amide bonds. The van der Waals surface area contributed by atoms with Crippen molar-refractivity contribution in [1.29, 1.82) is 0 Å². The number of benzene rings is 3. The number of anilines is 1. The predicted molar refractivity (Wildman–Crippen MR) is 133 cm³/mol. The quantitative estimate of drug-likeness (QED) is 0.392. The molecule has 0 aliphatic carbocycles. The van der Waals surface area contributed by atoms with Gasteiger partial charge >= 0.3 is 0 Å². The molecule has 0 unspecified atom stereocenters. The van der Waals surface area contributed by atoms with Crippen molar-refractivity contribution in [3.63, 3.8) is 0 Å². The number of hydrazine groups is 1. The SMILES string of the molecule is COc1ccc(C)cc1NC(=S)NN1C(=O)/C(=C/c2ccccc2O)N=C1c1ccccc1. The maximum absolute atomic E-state index is 13.3. The van der Waals surface area contributed by atoms with Crippen LogP contribution in [0.15, 0.2) is 83.5 Å². The third-order valence-electron chi connectivity index (χ3n) is 4.94. The van der Waals surface area contributed by atoms with Crippen LogP contribution in [-0.4, -0.2) is 34.1 Å². The van der Waals surface area contributed by atoms with E-state index in [-0.39, 0.29) is 16.6 Å². The Labute approximate surface area is 197 Å². The second kappa shape index (κ2) is 9.54. The molecular formula is C25H22N4O3S.